The van der Waals surface area contributed by atoms with Crippen molar-refractivity contribution < 1.29 is 9.53 Å². The normalized spacial score (nSPS) is 22.8. The molecule has 1 aliphatic rings. The molecule has 4 nitrogen and oxygen atoms in total. The molecule has 1 saturated heterocycles. The van der Waals surface area contributed by atoms with E-state index in [1.165, 1.54) is 0 Å². The van der Waals surface area contributed by atoms with Gasteiger partial charge in [0.2, 0.25) is 5.91 Å². The van der Waals surface area contributed by atoms with E-state index in [-0.39, 0.29) is 11.9 Å². The van der Waals surface area contributed by atoms with E-state index in [9.17, 15) is 4.79 Å². The Bertz CT molecular complexity index is 221. The van der Waals surface area contributed by atoms with Gasteiger partial charge in [0.15, 0.2) is 0 Å². The monoisotopic (exact) mass is 228 g/mol. The number of nitrogens with zero attached hydrogens (tertiary/aromatic N) is 1. The predicted octanol–water partition coefficient (Wildman–Crippen LogP) is 1.22. The van der Waals surface area contributed by atoms with E-state index in [1.54, 1.807) is 7.11 Å². The van der Waals surface area contributed by atoms with Gasteiger partial charge >= 0.3 is 0 Å². The fraction of sp³-hybridized carbons (Fsp3) is 0.917. The molecule has 0 bridgehead atoms. The lowest BCUT2D eigenvalue weighted by Gasteiger charge is -2.17. The SMILES string of the molecule is CCC(C)C1NCN(CCCCOC)C1=O. The van der Waals surface area contributed by atoms with Crippen molar-refractivity contribution in [2.45, 2.75) is 39.2 Å². The van der Waals surface area contributed by atoms with E-state index in [0.717, 1.165) is 32.4 Å². The number of methoxy groups -OCH3 is 1. The summed E-state index contributed by atoms with van der Waals surface area (Å²) in [6, 6.07) is 0.0347. The van der Waals surface area contributed by atoms with Crippen LogP contribution in [0.4, 0.5) is 0 Å². The van der Waals surface area contributed by atoms with Crippen molar-refractivity contribution in [3.05, 3.63) is 0 Å². The van der Waals surface area contributed by atoms with E-state index in [1.807, 2.05) is 4.90 Å². The zero-order chi connectivity index (χ0) is 12.0. The molecule has 0 aromatic rings. The lowest BCUT2D eigenvalue weighted by atomic mass is 9.99. The molecule has 16 heavy (non-hydrogen) atoms. The second-order valence-corrected chi connectivity index (χ2v) is 4.53. The highest BCUT2D eigenvalue weighted by Gasteiger charge is 2.33. The highest BCUT2D eigenvalue weighted by molar-refractivity contribution is 5.84. The summed E-state index contributed by atoms with van der Waals surface area (Å²) in [5.41, 5.74) is 0. The standard InChI is InChI=1S/C12H24N2O2/c1-4-10(2)11-12(15)14(9-13-11)7-5-6-8-16-3/h10-11,13H,4-9H2,1-3H3. The topological polar surface area (TPSA) is 41.6 Å². The number of carbonyl (C=O) groups excluding carboxylic acids is 1. The van der Waals surface area contributed by atoms with Gasteiger partial charge < -0.3 is 9.64 Å². The third-order valence-corrected chi connectivity index (χ3v) is 3.32. The second kappa shape index (κ2) is 6.86. The molecule has 1 rings (SSSR count). The van der Waals surface area contributed by atoms with Crippen LogP contribution in [0.2, 0.25) is 0 Å². The summed E-state index contributed by atoms with van der Waals surface area (Å²) in [7, 11) is 1.71. The Labute approximate surface area is 98.3 Å². The first-order valence-electron chi connectivity index (χ1n) is 6.21. The Kier molecular flexibility index (Phi) is 5.77. The van der Waals surface area contributed by atoms with Crippen molar-refractivity contribution in [2.75, 3.05) is 26.9 Å². The fourth-order valence-electron chi connectivity index (χ4n) is 1.99. The van der Waals surface area contributed by atoms with Crippen LogP contribution in [0.1, 0.15) is 33.1 Å². The first-order chi connectivity index (χ1) is 7.70. The van der Waals surface area contributed by atoms with Gasteiger partial charge in [-0.3, -0.25) is 10.1 Å². The number of unbranched alkanes of at least 4 members (excludes halogenated alkanes) is 1. The summed E-state index contributed by atoms with van der Waals surface area (Å²) in [6.45, 7) is 6.60. The van der Waals surface area contributed by atoms with E-state index in [2.05, 4.69) is 19.2 Å². The molecule has 0 radical (unpaired) electrons. The lowest BCUT2D eigenvalue weighted by molar-refractivity contribution is -0.129. The Balaban J connectivity index is 2.28. The molecule has 1 aliphatic heterocycles. The summed E-state index contributed by atoms with van der Waals surface area (Å²) in [5, 5.41) is 3.29. The van der Waals surface area contributed by atoms with Crippen LogP contribution >= 0.6 is 0 Å². The molecule has 2 unspecified atom stereocenters. The third kappa shape index (κ3) is 3.46. The number of amides is 1. The van der Waals surface area contributed by atoms with Crippen molar-refractivity contribution in [3.63, 3.8) is 0 Å². The van der Waals surface area contributed by atoms with Gasteiger partial charge in [0.1, 0.15) is 0 Å². The molecule has 2 atom stereocenters. The Morgan fingerprint density at radius 2 is 2.31 bits per heavy atom. The minimum Gasteiger partial charge on any atom is -0.385 e. The molecule has 1 N–H and O–H groups in total. The maximum atomic E-state index is 12.0. The lowest BCUT2D eigenvalue weighted by Crippen LogP contribution is -2.36. The second-order valence-electron chi connectivity index (χ2n) is 4.53. The van der Waals surface area contributed by atoms with Gasteiger partial charge in [-0.05, 0) is 18.8 Å². The van der Waals surface area contributed by atoms with E-state index < -0.39 is 0 Å². The minimum absolute atomic E-state index is 0.0347. The Hall–Kier alpha value is -0.610. The zero-order valence-electron chi connectivity index (χ0n) is 10.7. The number of carbonyl (C=O) groups is 1. The minimum atomic E-state index is 0.0347. The van der Waals surface area contributed by atoms with Crippen molar-refractivity contribution in [2.24, 2.45) is 5.92 Å². The van der Waals surface area contributed by atoms with Gasteiger partial charge in [-0.25, -0.2) is 0 Å². The molecule has 0 spiro atoms. The molecular formula is C12H24N2O2. The number of hydrogen-bond donors (Lipinski definition) is 1. The number of nitrogens with one attached hydrogen (secondary N) is 1. The average Bonchev–Trinajstić information content (AvgIpc) is 2.65. The molecule has 1 heterocycles. The average molecular weight is 228 g/mol. The summed E-state index contributed by atoms with van der Waals surface area (Å²) < 4.78 is 4.99. The maximum absolute atomic E-state index is 12.0. The molecule has 0 aliphatic carbocycles. The van der Waals surface area contributed by atoms with Gasteiger partial charge in [0.05, 0.1) is 12.7 Å². The quantitative estimate of drug-likeness (QED) is 0.666. The first kappa shape index (κ1) is 13.5. The Morgan fingerprint density at radius 3 is 2.94 bits per heavy atom. The van der Waals surface area contributed by atoms with E-state index >= 15 is 0 Å². The van der Waals surface area contributed by atoms with Crippen LogP contribution in [0.15, 0.2) is 0 Å². The van der Waals surface area contributed by atoms with Crippen LogP contribution in [0.5, 0.6) is 0 Å². The highest BCUT2D eigenvalue weighted by Crippen LogP contribution is 2.15. The van der Waals surface area contributed by atoms with Crippen LogP contribution in [-0.2, 0) is 9.53 Å². The van der Waals surface area contributed by atoms with Crippen LogP contribution in [0.25, 0.3) is 0 Å². The van der Waals surface area contributed by atoms with Crippen molar-refractivity contribution >= 4 is 5.91 Å². The summed E-state index contributed by atoms with van der Waals surface area (Å²) in [5.74, 6) is 0.697. The van der Waals surface area contributed by atoms with Gasteiger partial charge in [-0.1, -0.05) is 20.3 Å². The van der Waals surface area contributed by atoms with Gasteiger partial charge in [-0.2, -0.15) is 0 Å². The van der Waals surface area contributed by atoms with Crippen molar-refractivity contribution in [3.8, 4) is 0 Å². The van der Waals surface area contributed by atoms with Gasteiger partial charge in [-0.15, -0.1) is 0 Å². The summed E-state index contributed by atoms with van der Waals surface area (Å²) in [6.07, 6.45) is 3.09. The summed E-state index contributed by atoms with van der Waals surface area (Å²) in [4.78, 5) is 13.9. The largest absolute Gasteiger partial charge is 0.385 e. The molecule has 94 valence electrons. The number of hydrogen-bond acceptors (Lipinski definition) is 3. The predicted molar refractivity (Wildman–Crippen MR) is 64.1 cm³/mol. The smallest absolute Gasteiger partial charge is 0.241 e. The fourth-order valence-corrected chi connectivity index (χ4v) is 1.99. The van der Waals surface area contributed by atoms with Crippen molar-refractivity contribution in [1.82, 2.24) is 10.2 Å². The van der Waals surface area contributed by atoms with E-state index in [4.69, 9.17) is 4.74 Å². The molecule has 0 saturated carbocycles. The third-order valence-electron chi connectivity index (χ3n) is 3.32. The van der Waals surface area contributed by atoms with E-state index in [0.29, 0.717) is 12.6 Å². The number of rotatable bonds is 7. The number of ether oxygens (including phenoxy) is 1. The molecule has 1 fully saturated rings. The summed E-state index contributed by atoms with van der Waals surface area (Å²) >= 11 is 0. The van der Waals surface area contributed by atoms with Crippen LogP contribution in [-0.4, -0.2) is 43.8 Å². The van der Waals surface area contributed by atoms with Crippen LogP contribution in [0, 0.1) is 5.92 Å². The van der Waals surface area contributed by atoms with Gasteiger partial charge in [0.25, 0.3) is 0 Å². The maximum Gasteiger partial charge on any atom is 0.241 e. The Morgan fingerprint density at radius 1 is 1.56 bits per heavy atom. The zero-order valence-corrected chi connectivity index (χ0v) is 10.7. The molecule has 4 heteroatoms. The van der Waals surface area contributed by atoms with Crippen LogP contribution in [0.3, 0.4) is 0 Å². The first-order valence-corrected chi connectivity index (χ1v) is 6.21. The molecular weight excluding hydrogens is 204 g/mol. The van der Waals surface area contributed by atoms with Gasteiger partial charge in [0, 0.05) is 20.3 Å². The molecule has 1 amide bonds. The van der Waals surface area contributed by atoms with Crippen LogP contribution < -0.4 is 5.32 Å². The highest BCUT2D eigenvalue weighted by atomic mass is 16.5. The molecule has 0 aromatic heterocycles. The van der Waals surface area contributed by atoms with Crippen molar-refractivity contribution in [1.29, 1.82) is 0 Å². The molecule has 0 aromatic carbocycles.